The molecular weight excluding hydrogens is 320 g/mol. The van der Waals surface area contributed by atoms with E-state index in [1.54, 1.807) is 4.90 Å². The van der Waals surface area contributed by atoms with E-state index >= 15 is 0 Å². The molecule has 0 spiro atoms. The standard InChI is InChI=1S/C18H24N4O3/c1-4-24-18(23)22-9-8-21(14(3)11-22)12-16-19-17(25-20-16)15-7-5-6-13(2)10-15/h5-7,10,14H,4,8-9,11-12H2,1-3H3/t14-/m0/s1. The van der Waals surface area contributed by atoms with Crippen LogP contribution in [-0.2, 0) is 11.3 Å². The summed E-state index contributed by atoms with van der Waals surface area (Å²) in [6.07, 6.45) is -0.240. The van der Waals surface area contributed by atoms with Crippen molar-refractivity contribution in [2.45, 2.75) is 33.4 Å². The highest BCUT2D eigenvalue weighted by Crippen LogP contribution is 2.19. The third kappa shape index (κ3) is 4.17. The van der Waals surface area contributed by atoms with E-state index in [2.05, 4.69) is 22.0 Å². The number of rotatable bonds is 4. The smallest absolute Gasteiger partial charge is 0.409 e. The number of aryl methyl sites for hydroxylation is 1. The monoisotopic (exact) mass is 344 g/mol. The first-order valence-corrected chi connectivity index (χ1v) is 8.62. The fraction of sp³-hybridized carbons (Fsp3) is 0.500. The molecule has 7 heteroatoms. The Kier molecular flexibility index (Phi) is 5.33. The predicted molar refractivity (Wildman–Crippen MR) is 92.9 cm³/mol. The fourth-order valence-corrected chi connectivity index (χ4v) is 3.01. The number of carbonyl (C=O) groups is 1. The maximum atomic E-state index is 11.8. The molecule has 2 aromatic rings. The third-order valence-corrected chi connectivity index (χ3v) is 4.37. The molecule has 0 saturated carbocycles. The van der Waals surface area contributed by atoms with Crippen LogP contribution < -0.4 is 0 Å². The Balaban J connectivity index is 1.61. The van der Waals surface area contributed by atoms with E-state index in [0.29, 0.717) is 38.0 Å². The SMILES string of the molecule is CCOC(=O)N1CCN(Cc2noc(-c3cccc(C)c3)n2)[C@@H](C)C1. The summed E-state index contributed by atoms with van der Waals surface area (Å²) >= 11 is 0. The topological polar surface area (TPSA) is 71.7 Å². The van der Waals surface area contributed by atoms with Crippen molar-refractivity contribution in [1.29, 1.82) is 0 Å². The molecule has 1 atom stereocenters. The minimum Gasteiger partial charge on any atom is -0.450 e. The van der Waals surface area contributed by atoms with Gasteiger partial charge in [-0.3, -0.25) is 4.90 Å². The van der Waals surface area contributed by atoms with Crippen LogP contribution in [0.2, 0.25) is 0 Å². The van der Waals surface area contributed by atoms with Crippen molar-refractivity contribution in [3.8, 4) is 11.5 Å². The summed E-state index contributed by atoms with van der Waals surface area (Å²) in [5.41, 5.74) is 2.08. The molecular formula is C18H24N4O3. The number of benzene rings is 1. The van der Waals surface area contributed by atoms with Crippen LogP contribution in [0.4, 0.5) is 4.79 Å². The molecule has 1 aliphatic heterocycles. The summed E-state index contributed by atoms with van der Waals surface area (Å²) in [5.74, 6) is 1.20. The largest absolute Gasteiger partial charge is 0.450 e. The molecule has 1 aliphatic rings. The van der Waals surface area contributed by atoms with E-state index in [1.807, 2.05) is 38.1 Å². The van der Waals surface area contributed by atoms with Gasteiger partial charge in [-0.1, -0.05) is 22.9 Å². The fourth-order valence-electron chi connectivity index (χ4n) is 3.01. The Labute approximate surface area is 147 Å². The molecule has 134 valence electrons. The highest BCUT2D eigenvalue weighted by Gasteiger charge is 2.28. The summed E-state index contributed by atoms with van der Waals surface area (Å²) in [5, 5.41) is 4.10. The van der Waals surface area contributed by atoms with Gasteiger partial charge in [-0.05, 0) is 32.9 Å². The van der Waals surface area contributed by atoms with Gasteiger partial charge in [0.2, 0.25) is 0 Å². The van der Waals surface area contributed by atoms with Gasteiger partial charge in [0.15, 0.2) is 5.82 Å². The molecule has 0 N–H and O–H groups in total. The lowest BCUT2D eigenvalue weighted by molar-refractivity contribution is 0.0531. The number of carbonyl (C=O) groups excluding carboxylic acids is 1. The zero-order chi connectivity index (χ0) is 17.8. The second-order valence-corrected chi connectivity index (χ2v) is 6.35. The van der Waals surface area contributed by atoms with E-state index in [0.717, 1.165) is 17.7 Å². The van der Waals surface area contributed by atoms with Crippen molar-refractivity contribution < 1.29 is 14.1 Å². The van der Waals surface area contributed by atoms with Crippen molar-refractivity contribution in [3.63, 3.8) is 0 Å². The molecule has 0 radical (unpaired) electrons. The molecule has 3 rings (SSSR count). The lowest BCUT2D eigenvalue weighted by atomic mass is 10.1. The first-order valence-electron chi connectivity index (χ1n) is 8.62. The zero-order valence-electron chi connectivity index (χ0n) is 14.9. The molecule has 2 heterocycles. The van der Waals surface area contributed by atoms with Gasteiger partial charge in [-0.2, -0.15) is 4.98 Å². The number of aromatic nitrogens is 2. The maximum absolute atomic E-state index is 11.8. The van der Waals surface area contributed by atoms with Crippen LogP contribution in [0.15, 0.2) is 28.8 Å². The van der Waals surface area contributed by atoms with Gasteiger partial charge in [-0.25, -0.2) is 4.79 Å². The van der Waals surface area contributed by atoms with Crippen molar-refractivity contribution in [2.75, 3.05) is 26.2 Å². The minimum absolute atomic E-state index is 0.207. The lowest BCUT2D eigenvalue weighted by Crippen LogP contribution is -2.53. The second kappa shape index (κ2) is 7.65. The molecule has 1 saturated heterocycles. The van der Waals surface area contributed by atoms with Gasteiger partial charge in [0.1, 0.15) is 0 Å². The zero-order valence-corrected chi connectivity index (χ0v) is 14.9. The lowest BCUT2D eigenvalue weighted by Gasteiger charge is -2.38. The molecule has 1 aromatic heterocycles. The molecule has 7 nitrogen and oxygen atoms in total. The molecule has 0 bridgehead atoms. The van der Waals surface area contributed by atoms with Gasteiger partial charge < -0.3 is 14.2 Å². The number of hydrogen-bond acceptors (Lipinski definition) is 6. The van der Waals surface area contributed by atoms with E-state index < -0.39 is 0 Å². The molecule has 0 aliphatic carbocycles. The average molecular weight is 344 g/mol. The minimum atomic E-state index is -0.240. The van der Waals surface area contributed by atoms with Crippen molar-refractivity contribution in [2.24, 2.45) is 0 Å². The van der Waals surface area contributed by atoms with Crippen molar-refractivity contribution in [1.82, 2.24) is 19.9 Å². The number of nitrogens with zero attached hydrogens (tertiary/aromatic N) is 4. The highest BCUT2D eigenvalue weighted by atomic mass is 16.6. The Hall–Kier alpha value is -2.41. The van der Waals surface area contributed by atoms with Crippen LogP contribution in [-0.4, -0.2) is 58.3 Å². The second-order valence-electron chi connectivity index (χ2n) is 6.35. The van der Waals surface area contributed by atoms with Crippen LogP contribution in [0.25, 0.3) is 11.5 Å². The van der Waals surface area contributed by atoms with Gasteiger partial charge in [0, 0.05) is 31.2 Å². The molecule has 1 amide bonds. The van der Waals surface area contributed by atoms with Crippen molar-refractivity contribution in [3.05, 3.63) is 35.7 Å². The molecule has 1 aromatic carbocycles. The van der Waals surface area contributed by atoms with E-state index in [1.165, 1.54) is 0 Å². The average Bonchev–Trinajstić information content (AvgIpc) is 3.05. The normalized spacial score (nSPS) is 18.4. The number of hydrogen-bond donors (Lipinski definition) is 0. The Morgan fingerprint density at radius 2 is 2.24 bits per heavy atom. The van der Waals surface area contributed by atoms with Gasteiger partial charge in [-0.15, -0.1) is 0 Å². The molecule has 0 unspecified atom stereocenters. The van der Waals surface area contributed by atoms with Crippen LogP contribution in [0.5, 0.6) is 0 Å². The summed E-state index contributed by atoms with van der Waals surface area (Å²) in [4.78, 5) is 20.4. The van der Waals surface area contributed by atoms with Gasteiger partial charge in [0.05, 0.1) is 13.2 Å². The predicted octanol–water partition coefficient (Wildman–Crippen LogP) is 2.71. The van der Waals surface area contributed by atoms with Crippen LogP contribution in [0.1, 0.15) is 25.2 Å². The summed E-state index contributed by atoms with van der Waals surface area (Å²) in [6.45, 7) is 8.99. The quantitative estimate of drug-likeness (QED) is 0.849. The molecule has 1 fully saturated rings. The number of amides is 1. The third-order valence-electron chi connectivity index (χ3n) is 4.37. The molecule has 25 heavy (non-hydrogen) atoms. The highest BCUT2D eigenvalue weighted by molar-refractivity contribution is 5.67. The Bertz CT molecular complexity index is 731. The van der Waals surface area contributed by atoms with Crippen LogP contribution in [0, 0.1) is 6.92 Å². The Morgan fingerprint density at radius 3 is 2.96 bits per heavy atom. The summed E-state index contributed by atoms with van der Waals surface area (Å²) < 4.78 is 10.5. The van der Waals surface area contributed by atoms with Gasteiger partial charge in [0.25, 0.3) is 5.89 Å². The van der Waals surface area contributed by atoms with E-state index in [9.17, 15) is 4.79 Å². The van der Waals surface area contributed by atoms with Crippen LogP contribution in [0.3, 0.4) is 0 Å². The number of piperazine rings is 1. The Morgan fingerprint density at radius 1 is 1.40 bits per heavy atom. The van der Waals surface area contributed by atoms with E-state index in [-0.39, 0.29) is 12.1 Å². The first kappa shape index (κ1) is 17.4. The van der Waals surface area contributed by atoms with Crippen LogP contribution >= 0.6 is 0 Å². The summed E-state index contributed by atoms with van der Waals surface area (Å²) in [7, 11) is 0. The number of ether oxygens (including phenoxy) is 1. The summed E-state index contributed by atoms with van der Waals surface area (Å²) in [6, 6.07) is 8.21. The maximum Gasteiger partial charge on any atom is 0.409 e. The van der Waals surface area contributed by atoms with E-state index in [4.69, 9.17) is 9.26 Å². The first-order chi connectivity index (χ1) is 12.1. The van der Waals surface area contributed by atoms with Crippen molar-refractivity contribution >= 4 is 6.09 Å². The van der Waals surface area contributed by atoms with Gasteiger partial charge >= 0.3 is 6.09 Å².